The summed E-state index contributed by atoms with van der Waals surface area (Å²) in [7, 11) is 0. The normalized spacial score (nSPS) is 9.23. The van der Waals surface area contributed by atoms with Gasteiger partial charge in [0, 0.05) is 0 Å². The van der Waals surface area contributed by atoms with Gasteiger partial charge in [-0.05, 0) is 28.1 Å². The van der Waals surface area contributed by atoms with E-state index >= 15 is 0 Å². The number of nitrogens with zero attached hydrogens (tertiary/aromatic N) is 2. The predicted molar refractivity (Wildman–Crippen MR) is 49.9 cm³/mol. The highest BCUT2D eigenvalue weighted by atomic mass is 79.9. The van der Waals surface area contributed by atoms with Crippen LogP contribution in [0.4, 0.5) is 11.4 Å². The first kappa shape index (κ1) is 9.48. The van der Waals surface area contributed by atoms with Crippen molar-refractivity contribution in [2.75, 3.05) is 5.73 Å². The fraction of sp³-hybridized carbons (Fsp3) is 0. The van der Waals surface area contributed by atoms with E-state index in [1.165, 1.54) is 12.1 Å². The lowest BCUT2D eigenvalue weighted by Crippen LogP contribution is -1.97. The number of nitro groups is 1. The Balaban J connectivity index is 3.42. The van der Waals surface area contributed by atoms with Gasteiger partial charge in [0.15, 0.2) is 0 Å². The van der Waals surface area contributed by atoms with Crippen molar-refractivity contribution < 1.29 is 4.92 Å². The predicted octanol–water partition coefficient (Wildman–Crippen LogP) is 1.81. The molecule has 2 N–H and O–H groups in total. The number of anilines is 1. The molecule has 0 bridgehead atoms. The number of nitriles is 1. The fourth-order valence-electron chi connectivity index (χ4n) is 0.877. The quantitative estimate of drug-likeness (QED) is 0.461. The van der Waals surface area contributed by atoms with E-state index < -0.39 is 4.92 Å². The van der Waals surface area contributed by atoms with E-state index in [4.69, 9.17) is 11.0 Å². The van der Waals surface area contributed by atoms with E-state index in [-0.39, 0.29) is 21.4 Å². The molecule has 1 aromatic rings. The molecule has 6 heteroatoms. The Hall–Kier alpha value is -1.61. The van der Waals surface area contributed by atoms with E-state index in [9.17, 15) is 10.1 Å². The monoisotopic (exact) mass is 241 g/mol. The van der Waals surface area contributed by atoms with Crippen LogP contribution in [0.2, 0.25) is 0 Å². The number of nitrogens with two attached hydrogens (primary N) is 1. The summed E-state index contributed by atoms with van der Waals surface area (Å²) in [5, 5.41) is 19.0. The summed E-state index contributed by atoms with van der Waals surface area (Å²) in [6.07, 6.45) is 0. The van der Waals surface area contributed by atoms with Crippen molar-refractivity contribution in [3.8, 4) is 6.07 Å². The van der Waals surface area contributed by atoms with Crippen LogP contribution in [0.1, 0.15) is 5.56 Å². The summed E-state index contributed by atoms with van der Waals surface area (Å²) in [4.78, 5) is 9.86. The molecule has 0 heterocycles. The molecule has 1 rings (SSSR count). The van der Waals surface area contributed by atoms with E-state index in [0.29, 0.717) is 0 Å². The number of nitro benzene ring substituents is 1. The van der Waals surface area contributed by atoms with Crippen molar-refractivity contribution in [3.63, 3.8) is 0 Å². The fourth-order valence-corrected chi connectivity index (χ4v) is 1.50. The topological polar surface area (TPSA) is 93.0 Å². The zero-order valence-corrected chi connectivity index (χ0v) is 7.91. The second-order valence-electron chi connectivity index (χ2n) is 2.26. The summed E-state index contributed by atoms with van der Waals surface area (Å²) in [5.74, 6) is 0. The molecule has 0 spiro atoms. The van der Waals surface area contributed by atoms with Gasteiger partial charge in [-0.2, -0.15) is 5.26 Å². The van der Waals surface area contributed by atoms with Gasteiger partial charge in [-0.15, -0.1) is 0 Å². The second kappa shape index (κ2) is 3.41. The summed E-state index contributed by atoms with van der Waals surface area (Å²) in [6, 6.07) is 4.46. The van der Waals surface area contributed by atoms with E-state index in [1.54, 1.807) is 0 Å². The molecule has 0 aromatic heterocycles. The zero-order valence-electron chi connectivity index (χ0n) is 6.32. The molecule has 0 amide bonds. The number of benzene rings is 1. The lowest BCUT2D eigenvalue weighted by molar-refractivity contribution is -0.384. The number of rotatable bonds is 1. The highest BCUT2D eigenvalue weighted by Crippen LogP contribution is 2.31. The molecule has 0 radical (unpaired) electrons. The van der Waals surface area contributed by atoms with E-state index in [2.05, 4.69) is 15.9 Å². The maximum Gasteiger partial charge on any atom is 0.306 e. The van der Waals surface area contributed by atoms with Gasteiger partial charge in [-0.25, -0.2) is 0 Å². The van der Waals surface area contributed by atoms with Crippen LogP contribution in [-0.4, -0.2) is 4.92 Å². The van der Waals surface area contributed by atoms with Gasteiger partial charge in [-0.1, -0.05) is 0 Å². The van der Waals surface area contributed by atoms with Crippen LogP contribution in [0.3, 0.4) is 0 Å². The minimum absolute atomic E-state index is 0.0177. The van der Waals surface area contributed by atoms with Crippen LogP contribution in [0, 0.1) is 21.4 Å². The van der Waals surface area contributed by atoms with Gasteiger partial charge in [0.1, 0.15) is 5.69 Å². The highest BCUT2D eigenvalue weighted by Gasteiger charge is 2.17. The second-order valence-corrected chi connectivity index (χ2v) is 3.12. The van der Waals surface area contributed by atoms with Crippen LogP contribution in [-0.2, 0) is 0 Å². The maximum atomic E-state index is 10.5. The van der Waals surface area contributed by atoms with Gasteiger partial charge >= 0.3 is 5.69 Å². The minimum Gasteiger partial charge on any atom is -0.393 e. The number of hydrogen-bond donors (Lipinski definition) is 1. The molecule has 0 fully saturated rings. The van der Waals surface area contributed by atoms with Crippen LogP contribution < -0.4 is 5.73 Å². The van der Waals surface area contributed by atoms with Gasteiger partial charge in [0.2, 0.25) is 0 Å². The molecule has 5 nitrogen and oxygen atoms in total. The molecule has 0 atom stereocenters. The van der Waals surface area contributed by atoms with Crippen LogP contribution >= 0.6 is 15.9 Å². The average Bonchev–Trinajstić information content (AvgIpc) is 2.02. The van der Waals surface area contributed by atoms with Crippen molar-refractivity contribution in [2.45, 2.75) is 0 Å². The molecular weight excluding hydrogens is 238 g/mol. The highest BCUT2D eigenvalue weighted by molar-refractivity contribution is 9.10. The molecule has 0 unspecified atom stereocenters. The number of halogens is 1. The summed E-state index contributed by atoms with van der Waals surface area (Å²) < 4.78 is 0.217. The Kier molecular flexibility index (Phi) is 2.49. The average molecular weight is 242 g/mol. The first-order valence-electron chi connectivity index (χ1n) is 3.19. The molecule has 0 aliphatic heterocycles. The summed E-state index contributed by atoms with van der Waals surface area (Å²) in [6.45, 7) is 0. The third-order valence-corrected chi connectivity index (χ3v) is 2.01. The van der Waals surface area contributed by atoms with Gasteiger partial charge in [0.25, 0.3) is 0 Å². The molecule has 0 saturated heterocycles. The Bertz CT molecular complexity index is 388. The Morgan fingerprint density at radius 2 is 2.23 bits per heavy atom. The van der Waals surface area contributed by atoms with Gasteiger partial charge < -0.3 is 5.73 Å². The van der Waals surface area contributed by atoms with E-state index in [1.807, 2.05) is 6.07 Å². The molecule has 13 heavy (non-hydrogen) atoms. The minimum atomic E-state index is -0.597. The lowest BCUT2D eigenvalue weighted by atomic mass is 10.2. The summed E-state index contributed by atoms with van der Waals surface area (Å²) >= 11 is 2.97. The Morgan fingerprint density at radius 1 is 1.62 bits per heavy atom. The van der Waals surface area contributed by atoms with Crippen molar-refractivity contribution in [1.82, 2.24) is 0 Å². The number of hydrogen-bond acceptors (Lipinski definition) is 4. The van der Waals surface area contributed by atoms with Crippen LogP contribution in [0.5, 0.6) is 0 Å². The molecule has 66 valence electrons. The van der Waals surface area contributed by atoms with Crippen LogP contribution in [0.25, 0.3) is 0 Å². The van der Waals surface area contributed by atoms with Crippen molar-refractivity contribution in [3.05, 3.63) is 32.3 Å². The smallest absolute Gasteiger partial charge is 0.306 e. The molecule has 0 aliphatic rings. The van der Waals surface area contributed by atoms with Crippen molar-refractivity contribution >= 4 is 27.3 Å². The van der Waals surface area contributed by atoms with Crippen LogP contribution in [0.15, 0.2) is 16.6 Å². The molecular formula is C7H4BrN3O2. The third kappa shape index (κ3) is 1.76. The van der Waals surface area contributed by atoms with Crippen molar-refractivity contribution in [1.29, 1.82) is 5.26 Å². The van der Waals surface area contributed by atoms with Crippen molar-refractivity contribution in [2.24, 2.45) is 0 Å². The molecule has 0 aliphatic carbocycles. The standard InChI is InChI=1S/C7H4BrN3O2/c8-5-1-4(3-9)2-6(10)7(5)11(12)13/h1-2H,10H2. The first-order valence-corrected chi connectivity index (χ1v) is 3.99. The van der Waals surface area contributed by atoms with E-state index in [0.717, 1.165) is 0 Å². The lowest BCUT2D eigenvalue weighted by Gasteiger charge is -1.99. The first-order chi connectivity index (χ1) is 6.06. The summed E-state index contributed by atoms with van der Waals surface area (Å²) in [5.41, 5.74) is 5.44. The van der Waals surface area contributed by atoms with Gasteiger partial charge in [0.05, 0.1) is 21.0 Å². The zero-order chi connectivity index (χ0) is 10.0. The molecule has 0 saturated carbocycles. The Morgan fingerprint density at radius 3 is 2.62 bits per heavy atom. The maximum absolute atomic E-state index is 10.5. The number of nitrogen functional groups attached to an aromatic ring is 1. The largest absolute Gasteiger partial charge is 0.393 e. The molecule has 1 aromatic carbocycles. The third-order valence-electron chi connectivity index (χ3n) is 1.40. The SMILES string of the molecule is N#Cc1cc(N)c([N+](=O)[O-])c(Br)c1. The Labute approximate surface area is 82.0 Å². The van der Waals surface area contributed by atoms with Gasteiger partial charge in [-0.3, -0.25) is 10.1 Å².